The average Bonchev–Trinajstić information content (AvgIpc) is 3.08. The van der Waals surface area contributed by atoms with Gasteiger partial charge in [0.25, 0.3) is 0 Å². The average molecular weight is 264 g/mol. The Labute approximate surface area is 113 Å². The first kappa shape index (κ1) is 14.1. The van der Waals surface area contributed by atoms with E-state index in [1.54, 1.807) is 0 Å². The third-order valence-corrected chi connectivity index (χ3v) is 5.91. The van der Waals surface area contributed by atoms with E-state index in [2.05, 4.69) is 50.9 Å². The Morgan fingerprint density at radius 1 is 1.22 bits per heavy atom. The van der Waals surface area contributed by atoms with Crippen molar-refractivity contribution in [1.82, 2.24) is 0 Å². The van der Waals surface area contributed by atoms with Gasteiger partial charge in [-0.3, -0.25) is 0 Å². The summed E-state index contributed by atoms with van der Waals surface area (Å²) in [5, 5.41) is 0. The lowest BCUT2D eigenvalue weighted by molar-refractivity contribution is 0.0578. The summed E-state index contributed by atoms with van der Waals surface area (Å²) >= 11 is 0. The lowest BCUT2D eigenvalue weighted by atomic mass is 9.72. The molecule has 1 nitrogen and oxygen atoms in total. The molecular formula is C16H28OSi. The van der Waals surface area contributed by atoms with Crippen LogP contribution >= 0.6 is 0 Å². The quantitative estimate of drug-likeness (QED) is 0.507. The zero-order valence-corrected chi connectivity index (χ0v) is 13.4. The molecule has 0 aromatic rings. The number of allylic oxidation sites excluding steroid dienone is 3. The van der Waals surface area contributed by atoms with Gasteiger partial charge in [0.2, 0.25) is 0 Å². The monoisotopic (exact) mass is 264 g/mol. The van der Waals surface area contributed by atoms with Crippen molar-refractivity contribution in [2.75, 3.05) is 13.2 Å². The molecule has 0 saturated heterocycles. The maximum absolute atomic E-state index is 6.01. The molecular weight excluding hydrogens is 236 g/mol. The smallest absolute Gasteiger partial charge is 0.0560 e. The maximum atomic E-state index is 6.01. The van der Waals surface area contributed by atoms with Crippen molar-refractivity contribution in [1.29, 1.82) is 0 Å². The van der Waals surface area contributed by atoms with E-state index in [0.29, 0.717) is 5.92 Å². The number of ether oxygens (including phenoxy) is 1. The van der Waals surface area contributed by atoms with Gasteiger partial charge in [-0.15, -0.1) is 0 Å². The molecule has 2 heteroatoms. The van der Waals surface area contributed by atoms with Crippen LogP contribution in [0.25, 0.3) is 0 Å². The number of hydrogen-bond donors (Lipinski definition) is 0. The van der Waals surface area contributed by atoms with Crippen molar-refractivity contribution in [3.63, 3.8) is 0 Å². The fourth-order valence-corrected chi connectivity index (χ4v) is 3.51. The Morgan fingerprint density at radius 2 is 1.94 bits per heavy atom. The second kappa shape index (κ2) is 5.34. The Kier molecular flexibility index (Phi) is 4.17. The Bertz CT molecular complexity index is 335. The van der Waals surface area contributed by atoms with Gasteiger partial charge >= 0.3 is 0 Å². The largest absolute Gasteiger partial charge is 0.381 e. The van der Waals surface area contributed by atoms with Gasteiger partial charge < -0.3 is 4.74 Å². The minimum absolute atomic E-state index is 0.232. The summed E-state index contributed by atoms with van der Waals surface area (Å²) in [6.45, 7) is 11.4. The lowest BCUT2D eigenvalue weighted by Crippen LogP contribution is -2.33. The number of rotatable bonds is 6. The van der Waals surface area contributed by atoms with E-state index in [-0.39, 0.29) is 5.41 Å². The third kappa shape index (κ3) is 3.82. The maximum Gasteiger partial charge on any atom is 0.0560 e. The van der Waals surface area contributed by atoms with E-state index in [1.165, 1.54) is 18.9 Å². The van der Waals surface area contributed by atoms with E-state index >= 15 is 0 Å². The molecule has 2 atom stereocenters. The van der Waals surface area contributed by atoms with Gasteiger partial charge in [-0.25, -0.2) is 0 Å². The van der Waals surface area contributed by atoms with Crippen LogP contribution in [0, 0.1) is 17.3 Å². The van der Waals surface area contributed by atoms with Crippen molar-refractivity contribution >= 4 is 8.07 Å². The SMILES string of the molecule is CC1(COCC[Si](C)(C)C)C=CC=CC1C1CC1. The topological polar surface area (TPSA) is 9.23 Å². The zero-order chi connectivity index (χ0) is 13.2. The van der Waals surface area contributed by atoms with Crippen LogP contribution in [0.2, 0.25) is 25.7 Å². The van der Waals surface area contributed by atoms with Crippen molar-refractivity contribution in [2.24, 2.45) is 17.3 Å². The molecule has 0 radical (unpaired) electrons. The Balaban J connectivity index is 1.82. The molecule has 0 bridgehead atoms. The lowest BCUT2D eigenvalue weighted by Gasteiger charge is -2.35. The Hall–Kier alpha value is -0.343. The second-order valence-electron chi connectivity index (χ2n) is 7.48. The third-order valence-electron chi connectivity index (χ3n) is 4.21. The van der Waals surface area contributed by atoms with Gasteiger partial charge in [0.05, 0.1) is 6.61 Å². The highest BCUT2D eigenvalue weighted by Crippen LogP contribution is 2.48. The highest BCUT2D eigenvalue weighted by atomic mass is 28.3. The van der Waals surface area contributed by atoms with Crippen molar-refractivity contribution in [3.8, 4) is 0 Å². The van der Waals surface area contributed by atoms with Crippen LogP contribution in [0.5, 0.6) is 0 Å². The summed E-state index contributed by atoms with van der Waals surface area (Å²) in [4.78, 5) is 0. The molecule has 0 amide bonds. The molecule has 0 aromatic carbocycles. The van der Waals surface area contributed by atoms with Gasteiger partial charge in [-0.2, -0.15) is 0 Å². The first-order chi connectivity index (χ1) is 8.41. The number of hydrogen-bond acceptors (Lipinski definition) is 1. The van der Waals surface area contributed by atoms with Crippen LogP contribution in [0.4, 0.5) is 0 Å². The molecule has 0 spiro atoms. The molecule has 0 aromatic heterocycles. The van der Waals surface area contributed by atoms with Gasteiger partial charge in [-0.05, 0) is 30.7 Å². The van der Waals surface area contributed by atoms with E-state index < -0.39 is 8.07 Å². The molecule has 0 N–H and O–H groups in total. The predicted octanol–water partition coefficient (Wildman–Crippen LogP) is 4.50. The van der Waals surface area contributed by atoms with Gasteiger partial charge in [0, 0.05) is 20.1 Å². The highest BCUT2D eigenvalue weighted by molar-refractivity contribution is 6.76. The normalized spacial score (nSPS) is 31.9. The van der Waals surface area contributed by atoms with Crippen LogP contribution in [-0.2, 0) is 4.74 Å². The summed E-state index contributed by atoms with van der Waals surface area (Å²) in [5.74, 6) is 1.62. The molecule has 1 saturated carbocycles. The van der Waals surface area contributed by atoms with Crippen LogP contribution in [0.1, 0.15) is 19.8 Å². The molecule has 18 heavy (non-hydrogen) atoms. The van der Waals surface area contributed by atoms with E-state index in [9.17, 15) is 0 Å². The molecule has 2 aliphatic carbocycles. The first-order valence-electron chi connectivity index (χ1n) is 7.34. The zero-order valence-electron chi connectivity index (χ0n) is 12.4. The standard InChI is InChI=1S/C16H28OSi/c1-16(13-17-11-12-18(2,3)4)10-6-5-7-15(16)14-8-9-14/h5-7,10,14-15H,8-9,11-13H2,1-4H3. The molecule has 2 unspecified atom stereocenters. The molecule has 2 aliphatic rings. The van der Waals surface area contributed by atoms with Crippen molar-refractivity contribution in [3.05, 3.63) is 24.3 Å². The minimum Gasteiger partial charge on any atom is -0.381 e. The van der Waals surface area contributed by atoms with E-state index in [4.69, 9.17) is 4.74 Å². The molecule has 0 heterocycles. The van der Waals surface area contributed by atoms with Crippen LogP contribution < -0.4 is 0 Å². The van der Waals surface area contributed by atoms with Crippen molar-refractivity contribution in [2.45, 2.75) is 45.5 Å². The van der Waals surface area contributed by atoms with Crippen LogP contribution in [0.15, 0.2) is 24.3 Å². The summed E-state index contributed by atoms with van der Waals surface area (Å²) in [6, 6.07) is 1.27. The van der Waals surface area contributed by atoms with E-state index in [0.717, 1.165) is 19.1 Å². The fraction of sp³-hybridized carbons (Fsp3) is 0.750. The van der Waals surface area contributed by atoms with Gasteiger partial charge in [0.1, 0.15) is 0 Å². The Morgan fingerprint density at radius 3 is 2.56 bits per heavy atom. The summed E-state index contributed by atoms with van der Waals surface area (Å²) in [5.41, 5.74) is 0.232. The van der Waals surface area contributed by atoms with Crippen LogP contribution in [0.3, 0.4) is 0 Å². The van der Waals surface area contributed by atoms with Gasteiger partial charge in [-0.1, -0.05) is 50.9 Å². The molecule has 1 fully saturated rings. The van der Waals surface area contributed by atoms with Crippen molar-refractivity contribution < 1.29 is 4.74 Å². The molecule has 0 aliphatic heterocycles. The minimum atomic E-state index is -0.952. The van der Waals surface area contributed by atoms with Gasteiger partial charge in [0.15, 0.2) is 0 Å². The fourth-order valence-electron chi connectivity index (χ4n) is 2.76. The second-order valence-corrected chi connectivity index (χ2v) is 13.1. The summed E-state index contributed by atoms with van der Waals surface area (Å²) in [6.07, 6.45) is 12.0. The predicted molar refractivity (Wildman–Crippen MR) is 81.6 cm³/mol. The van der Waals surface area contributed by atoms with Crippen LogP contribution in [-0.4, -0.2) is 21.3 Å². The molecule has 102 valence electrons. The summed E-state index contributed by atoms with van der Waals surface area (Å²) < 4.78 is 6.01. The highest BCUT2D eigenvalue weighted by Gasteiger charge is 2.41. The first-order valence-corrected chi connectivity index (χ1v) is 11.1. The molecule has 2 rings (SSSR count). The van der Waals surface area contributed by atoms with E-state index in [1.807, 2.05) is 0 Å². The summed E-state index contributed by atoms with van der Waals surface area (Å²) in [7, 11) is -0.952.